The Morgan fingerprint density at radius 3 is 2.96 bits per heavy atom. The van der Waals surface area contributed by atoms with E-state index >= 15 is 0 Å². The highest BCUT2D eigenvalue weighted by atomic mass is 35.5. The monoisotopic (exact) mass is 329 g/mol. The Morgan fingerprint density at radius 1 is 1.30 bits per heavy atom. The molecule has 1 amide bonds. The molecule has 23 heavy (non-hydrogen) atoms. The topological polar surface area (TPSA) is 72.3 Å². The average molecular weight is 330 g/mol. The Labute approximate surface area is 137 Å². The lowest BCUT2D eigenvalue weighted by Crippen LogP contribution is -2.52. The number of halogens is 1. The van der Waals surface area contributed by atoms with Crippen molar-refractivity contribution in [2.24, 2.45) is 5.10 Å². The van der Waals surface area contributed by atoms with Crippen LogP contribution in [0.25, 0.3) is 0 Å². The van der Waals surface area contributed by atoms with Gasteiger partial charge < -0.3 is 10.0 Å². The lowest BCUT2D eigenvalue weighted by molar-refractivity contribution is 0.161. The standard InChI is InChI=1S/C15H12ClN5O2/c16-10-3-1-4-11(7-10)19-8-13-20(15(22)23)9-18-21(13)12-5-2-6-17-14(12)19/h1-7,9,13H,8H2,(H,22,23). The number of carboxylic acid groups (broad SMARTS) is 1. The van der Waals surface area contributed by atoms with Crippen molar-refractivity contribution in [3.8, 4) is 0 Å². The highest BCUT2D eigenvalue weighted by molar-refractivity contribution is 6.30. The molecule has 3 heterocycles. The van der Waals surface area contributed by atoms with Crippen LogP contribution in [-0.2, 0) is 0 Å². The zero-order valence-electron chi connectivity index (χ0n) is 11.9. The van der Waals surface area contributed by atoms with Crippen LogP contribution in [0, 0.1) is 0 Å². The van der Waals surface area contributed by atoms with Gasteiger partial charge in [0.25, 0.3) is 0 Å². The van der Waals surface area contributed by atoms with Gasteiger partial charge in [-0.2, -0.15) is 5.10 Å². The second-order valence-electron chi connectivity index (χ2n) is 5.18. The fourth-order valence-electron chi connectivity index (χ4n) is 2.84. The quantitative estimate of drug-likeness (QED) is 0.870. The van der Waals surface area contributed by atoms with Gasteiger partial charge in [0.15, 0.2) is 12.0 Å². The van der Waals surface area contributed by atoms with Crippen LogP contribution in [0.15, 0.2) is 47.7 Å². The van der Waals surface area contributed by atoms with E-state index in [0.29, 0.717) is 11.6 Å². The Morgan fingerprint density at radius 2 is 2.17 bits per heavy atom. The molecule has 1 aromatic heterocycles. The van der Waals surface area contributed by atoms with Gasteiger partial charge in [0, 0.05) is 16.9 Å². The molecule has 0 fully saturated rings. The van der Waals surface area contributed by atoms with Crippen molar-refractivity contribution in [3.63, 3.8) is 0 Å². The van der Waals surface area contributed by atoms with E-state index in [1.54, 1.807) is 23.3 Å². The number of carbonyl (C=O) groups is 1. The first-order valence-corrected chi connectivity index (χ1v) is 7.35. The van der Waals surface area contributed by atoms with Crippen LogP contribution in [0.5, 0.6) is 0 Å². The van der Waals surface area contributed by atoms with Crippen LogP contribution in [-0.4, -0.2) is 40.1 Å². The summed E-state index contributed by atoms with van der Waals surface area (Å²) >= 11 is 6.09. The third-order valence-corrected chi connectivity index (χ3v) is 4.09. The summed E-state index contributed by atoms with van der Waals surface area (Å²) in [6, 6.07) is 11.1. The minimum Gasteiger partial charge on any atom is -0.465 e. The van der Waals surface area contributed by atoms with Gasteiger partial charge in [-0.15, -0.1) is 0 Å². The van der Waals surface area contributed by atoms with Gasteiger partial charge in [-0.3, -0.25) is 0 Å². The lowest BCUT2D eigenvalue weighted by Gasteiger charge is -2.39. The van der Waals surface area contributed by atoms with Gasteiger partial charge in [-0.25, -0.2) is 19.7 Å². The smallest absolute Gasteiger partial charge is 0.414 e. The molecule has 7 nitrogen and oxygen atoms in total. The summed E-state index contributed by atoms with van der Waals surface area (Å²) in [5.74, 6) is 0.718. The second-order valence-corrected chi connectivity index (χ2v) is 5.62. The van der Waals surface area contributed by atoms with Gasteiger partial charge in [0.05, 0.1) is 6.54 Å². The summed E-state index contributed by atoms with van der Waals surface area (Å²) in [6.45, 7) is 0.399. The Hall–Kier alpha value is -2.80. The average Bonchev–Trinajstić information content (AvgIpc) is 2.98. The number of aromatic nitrogens is 1. The maximum atomic E-state index is 11.4. The third-order valence-electron chi connectivity index (χ3n) is 3.86. The predicted molar refractivity (Wildman–Crippen MR) is 87.3 cm³/mol. The fraction of sp³-hybridized carbons (Fsp3) is 0.133. The zero-order chi connectivity index (χ0) is 16.0. The molecule has 0 saturated carbocycles. The van der Waals surface area contributed by atoms with Crippen LogP contribution in [0.4, 0.5) is 22.0 Å². The summed E-state index contributed by atoms with van der Waals surface area (Å²) in [5.41, 5.74) is 1.61. The van der Waals surface area contributed by atoms with Crippen molar-refractivity contribution < 1.29 is 9.90 Å². The molecule has 0 aliphatic carbocycles. The van der Waals surface area contributed by atoms with Crippen molar-refractivity contribution in [1.82, 2.24) is 9.88 Å². The molecule has 4 rings (SSSR count). The van der Waals surface area contributed by atoms with Crippen molar-refractivity contribution >= 4 is 41.2 Å². The van der Waals surface area contributed by atoms with Crippen molar-refractivity contribution in [3.05, 3.63) is 47.6 Å². The predicted octanol–water partition coefficient (Wildman–Crippen LogP) is 2.96. The molecule has 1 aromatic carbocycles. The summed E-state index contributed by atoms with van der Waals surface area (Å²) < 4.78 is 0. The highest BCUT2D eigenvalue weighted by Crippen LogP contribution is 2.40. The molecule has 0 bridgehead atoms. The molecular weight excluding hydrogens is 318 g/mol. The van der Waals surface area contributed by atoms with E-state index in [1.165, 1.54) is 11.2 Å². The first-order chi connectivity index (χ1) is 11.1. The van der Waals surface area contributed by atoms with Gasteiger partial charge in [0.1, 0.15) is 12.0 Å². The minimum absolute atomic E-state index is 0.399. The summed E-state index contributed by atoms with van der Waals surface area (Å²) in [5, 5.41) is 15.9. The molecular formula is C15H12ClN5O2. The SMILES string of the molecule is O=C(O)N1C=NN2c3cccnc3N(c3cccc(Cl)c3)CC12. The molecule has 2 aliphatic heterocycles. The number of pyridine rings is 1. The minimum atomic E-state index is -1.04. The van der Waals surface area contributed by atoms with Crippen LogP contribution in [0.3, 0.4) is 0 Å². The van der Waals surface area contributed by atoms with Gasteiger partial charge in [-0.05, 0) is 30.3 Å². The number of hydrogen-bond acceptors (Lipinski definition) is 5. The number of hydrazone groups is 1. The number of fused-ring (bicyclic) bond motifs is 3. The first-order valence-electron chi connectivity index (χ1n) is 6.98. The van der Waals surface area contributed by atoms with Gasteiger partial charge >= 0.3 is 6.09 Å². The van der Waals surface area contributed by atoms with Gasteiger partial charge in [0.2, 0.25) is 0 Å². The largest absolute Gasteiger partial charge is 0.465 e. The Kier molecular flexibility index (Phi) is 3.09. The lowest BCUT2D eigenvalue weighted by atomic mass is 10.2. The van der Waals surface area contributed by atoms with E-state index in [2.05, 4.69) is 10.1 Å². The van der Waals surface area contributed by atoms with Crippen molar-refractivity contribution in [2.75, 3.05) is 16.5 Å². The van der Waals surface area contributed by atoms with E-state index < -0.39 is 12.3 Å². The highest BCUT2D eigenvalue weighted by Gasteiger charge is 2.41. The normalized spacial score (nSPS) is 18.8. The number of amides is 1. The van der Waals surface area contributed by atoms with E-state index in [1.807, 2.05) is 29.2 Å². The molecule has 8 heteroatoms. The number of anilines is 3. The zero-order valence-corrected chi connectivity index (χ0v) is 12.6. The number of rotatable bonds is 1. The molecule has 2 aliphatic rings. The van der Waals surface area contributed by atoms with Crippen molar-refractivity contribution in [1.29, 1.82) is 0 Å². The van der Waals surface area contributed by atoms with Crippen LogP contribution < -0.4 is 9.91 Å². The van der Waals surface area contributed by atoms with E-state index in [4.69, 9.17) is 11.6 Å². The van der Waals surface area contributed by atoms with Crippen molar-refractivity contribution in [2.45, 2.75) is 6.17 Å². The molecule has 116 valence electrons. The van der Waals surface area contributed by atoms with Crippen LogP contribution in [0.2, 0.25) is 5.02 Å². The maximum absolute atomic E-state index is 11.4. The van der Waals surface area contributed by atoms with E-state index in [0.717, 1.165) is 17.2 Å². The fourth-order valence-corrected chi connectivity index (χ4v) is 3.03. The molecule has 0 spiro atoms. The van der Waals surface area contributed by atoms with Gasteiger partial charge in [-0.1, -0.05) is 17.7 Å². The first kappa shape index (κ1) is 13.8. The summed E-state index contributed by atoms with van der Waals surface area (Å²) in [7, 11) is 0. The molecule has 0 radical (unpaired) electrons. The van der Waals surface area contributed by atoms with Crippen LogP contribution in [0.1, 0.15) is 0 Å². The Bertz CT molecular complexity index is 812. The molecule has 2 aromatic rings. The number of hydrogen-bond donors (Lipinski definition) is 1. The number of nitrogens with zero attached hydrogens (tertiary/aromatic N) is 5. The number of benzene rings is 1. The van der Waals surface area contributed by atoms with E-state index in [9.17, 15) is 9.90 Å². The molecule has 1 N–H and O–H groups in total. The molecule has 1 atom stereocenters. The molecule has 1 unspecified atom stereocenters. The maximum Gasteiger partial charge on any atom is 0.414 e. The Balaban J connectivity index is 1.82. The summed E-state index contributed by atoms with van der Waals surface area (Å²) in [4.78, 5) is 19.0. The third kappa shape index (κ3) is 2.17. The molecule has 0 saturated heterocycles. The van der Waals surface area contributed by atoms with Crippen LogP contribution >= 0.6 is 11.6 Å². The van der Waals surface area contributed by atoms with E-state index in [-0.39, 0.29) is 0 Å². The second kappa shape index (κ2) is 5.13. The summed E-state index contributed by atoms with van der Waals surface area (Å²) in [6.07, 6.45) is 1.54.